The number of hydrogen-bond acceptors (Lipinski definition) is 7. The van der Waals surface area contributed by atoms with E-state index in [-0.39, 0.29) is 24.5 Å². The van der Waals surface area contributed by atoms with Crippen LogP contribution in [-0.4, -0.2) is 74.8 Å². The van der Waals surface area contributed by atoms with Gasteiger partial charge in [0, 0.05) is 19.3 Å². The summed E-state index contributed by atoms with van der Waals surface area (Å²) < 4.78 is 15.9. The first kappa shape index (κ1) is 24.6. The molecule has 180 valence electrons. The van der Waals surface area contributed by atoms with Crippen LogP contribution in [0.1, 0.15) is 38.3 Å². The molecular weight excluding hydrogens is 426 g/mol. The van der Waals surface area contributed by atoms with Gasteiger partial charge >= 0.3 is 18.0 Å². The standard InChI is InChI=1S/C24H33N3O6/c1-5-32-22(28)16-10-12-27(13-11-16)15-19-20(23(29)33-6-2)21(25-24(30)26(19)3)17-8-7-9-18(14-17)31-4/h7-9,14,16,21H,5-6,10-13,15H2,1-4H3,(H,25,30)/t21-/m0/s1. The summed E-state index contributed by atoms with van der Waals surface area (Å²) in [4.78, 5) is 41.6. The highest BCUT2D eigenvalue weighted by atomic mass is 16.5. The van der Waals surface area contributed by atoms with E-state index in [4.69, 9.17) is 14.2 Å². The lowest BCUT2D eigenvalue weighted by molar-refractivity contribution is -0.149. The van der Waals surface area contributed by atoms with E-state index in [1.54, 1.807) is 34.1 Å². The topological polar surface area (TPSA) is 97.4 Å². The largest absolute Gasteiger partial charge is 0.497 e. The van der Waals surface area contributed by atoms with E-state index >= 15 is 0 Å². The van der Waals surface area contributed by atoms with Gasteiger partial charge in [0.25, 0.3) is 0 Å². The number of carbonyl (C=O) groups excluding carboxylic acids is 3. The number of rotatable bonds is 8. The Morgan fingerprint density at radius 1 is 1.12 bits per heavy atom. The van der Waals surface area contributed by atoms with Crippen LogP contribution in [-0.2, 0) is 19.1 Å². The molecule has 0 spiro atoms. The first-order valence-corrected chi connectivity index (χ1v) is 11.4. The van der Waals surface area contributed by atoms with Crippen molar-refractivity contribution in [1.29, 1.82) is 0 Å². The van der Waals surface area contributed by atoms with Gasteiger partial charge in [-0.3, -0.25) is 14.6 Å². The minimum Gasteiger partial charge on any atom is -0.497 e. The number of benzene rings is 1. The Hall–Kier alpha value is -3.07. The summed E-state index contributed by atoms with van der Waals surface area (Å²) in [7, 11) is 3.22. The molecule has 1 N–H and O–H groups in total. The second-order valence-corrected chi connectivity index (χ2v) is 8.10. The quantitative estimate of drug-likeness (QED) is 0.597. The third-order valence-electron chi connectivity index (χ3n) is 6.08. The molecule has 2 amide bonds. The molecule has 2 heterocycles. The lowest BCUT2D eigenvalue weighted by Crippen LogP contribution is -2.50. The molecule has 1 aromatic carbocycles. The molecule has 2 aliphatic rings. The number of amides is 2. The first-order chi connectivity index (χ1) is 15.9. The van der Waals surface area contributed by atoms with Gasteiger partial charge in [-0.1, -0.05) is 12.1 Å². The molecule has 0 aliphatic carbocycles. The highest BCUT2D eigenvalue weighted by molar-refractivity contribution is 5.95. The maximum absolute atomic E-state index is 13.1. The molecule has 1 saturated heterocycles. The van der Waals surface area contributed by atoms with Gasteiger partial charge in [0.2, 0.25) is 0 Å². The molecule has 1 fully saturated rings. The predicted octanol–water partition coefficient (Wildman–Crippen LogP) is 2.48. The number of esters is 2. The first-order valence-electron chi connectivity index (χ1n) is 11.4. The number of ether oxygens (including phenoxy) is 3. The Balaban J connectivity index is 1.91. The highest BCUT2D eigenvalue weighted by Gasteiger charge is 2.38. The normalized spacial score (nSPS) is 19.8. The van der Waals surface area contributed by atoms with Gasteiger partial charge in [0.1, 0.15) is 5.75 Å². The summed E-state index contributed by atoms with van der Waals surface area (Å²) in [5, 5.41) is 2.92. The molecule has 2 aliphatic heterocycles. The van der Waals surface area contributed by atoms with Crippen LogP contribution < -0.4 is 10.1 Å². The van der Waals surface area contributed by atoms with Crippen molar-refractivity contribution in [3.05, 3.63) is 41.1 Å². The van der Waals surface area contributed by atoms with Gasteiger partial charge < -0.3 is 19.5 Å². The molecule has 33 heavy (non-hydrogen) atoms. The Bertz CT molecular complexity index is 907. The molecule has 0 radical (unpaired) electrons. The smallest absolute Gasteiger partial charge is 0.338 e. The van der Waals surface area contributed by atoms with E-state index < -0.39 is 12.0 Å². The van der Waals surface area contributed by atoms with Crippen molar-refractivity contribution >= 4 is 18.0 Å². The van der Waals surface area contributed by atoms with Crippen molar-refractivity contribution in [3.8, 4) is 5.75 Å². The van der Waals surface area contributed by atoms with E-state index in [9.17, 15) is 14.4 Å². The molecule has 0 bridgehead atoms. The zero-order valence-electron chi connectivity index (χ0n) is 19.8. The molecular formula is C24H33N3O6. The minimum atomic E-state index is -0.657. The van der Waals surface area contributed by atoms with Crippen LogP contribution in [0.15, 0.2) is 35.5 Å². The third-order valence-corrected chi connectivity index (χ3v) is 6.08. The fourth-order valence-corrected chi connectivity index (χ4v) is 4.27. The molecule has 1 atom stereocenters. The van der Waals surface area contributed by atoms with Crippen molar-refractivity contribution in [3.63, 3.8) is 0 Å². The van der Waals surface area contributed by atoms with Gasteiger partial charge in [0.15, 0.2) is 0 Å². The lowest BCUT2D eigenvalue weighted by Gasteiger charge is -2.38. The van der Waals surface area contributed by atoms with Crippen molar-refractivity contribution in [2.75, 3.05) is 47.0 Å². The Morgan fingerprint density at radius 3 is 2.45 bits per heavy atom. The molecule has 1 aromatic rings. The molecule has 3 rings (SSSR count). The highest BCUT2D eigenvalue weighted by Crippen LogP contribution is 2.33. The monoisotopic (exact) mass is 459 g/mol. The molecule has 0 aromatic heterocycles. The number of nitrogens with one attached hydrogen (secondary N) is 1. The molecule has 0 saturated carbocycles. The van der Waals surface area contributed by atoms with Crippen LogP contribution in [0.5, 0.6) is 5.75 Å². The van der Waals surface area contributed by atoms with Crippen molar-refractivity contribution in [1.82, 2.24) is 15.1 Å². The number of likely N-dealkylation sites (N-methyl/N-ethyl adjacent to an activating group) is 1. The molecule has 9 heteroatoms. The van der Waals surface area contributed by atoms with E-state index in [0.717, 1.165) is 5.56 Å². The number of piperidine rings is 1. The summed E-state index contributed by atoms with van der Waals surface area (Å²) in [6.45, 7) is 5.89. The van der Waals surface area contributed by atoms with E-state index in [2.05, 4.69) is 10.2 Å². The Labute approximate surface area is 194 Å². The summed E-state index contributed by atoms with van der Waals surface area (Å²) in [5.74, 6) is -0.104. The van der Waals surface area contributed by atoms with E-state index in [0.29, 0.717) is 56.1 Å². The maximum atomic E-state index is 13.1. The minimum absolute atomic E-state index is 0.114. The van der Waals surface area contributed by atoms with Crippen LogP contribution >= 0.6 is 0 Å². The van der Waals surface area contributed by atoms with Gasteiger partial charge in [0.05, 0.1) is 37.9 Å². The van der Waals surface area contributed by atoms with Crippen LogP contribution in [0.3, 0.4) is 0 Å². The fourth-order valence-electron chi connectivity index (χ4n) is 4.27. The number of hydrogen-bond donors (Lipinski definition) is 1. The number of methoxy groups -OCH3 is 1. The summed E-state index contributed by atoms with van der Waals surface area (Å²) in [6, 6.07) is 6.32. The fraction of sp³-hybridized carbons (Fsp3) is 0.542. The van der Waals surface area contributed by atoms with Gasteiger partial charge in [-0.05, 0) is 57.5 Å². The second kappa shape index (κ2) is 11.2. The van der Waals surface area contributed by atoms with Crippen LogP contribution in [0, 0.1) is 5.92 Å². The van der Waals surface area contributed by atoms with Crippen molar-refractivity contribution < 1.29 is 28.6 Å². The van der Waals surface area contributed by atoms with Crippen LogP contribution in [0.4, 0.5) is 4.79 Å². The van der Waals surface area contributed by atoms with Crippen molar-refractivity contribution in [2.45, 2.75) is 32.7 Å². The van der Waals surface area contributed by atoms with Crippen LogP contribution in [0.2, 0.25) is 0 Å². The average molecular weight is 460 g/mol. The van der Waals surface area contributed by atoms with E-state index in [1.165, 1.54) is 4.90 Å². The second-order valence-electron chi connectivity index (χ2n) is 8.10. The third kappa shape index (κ3) is 5.65. The lowest BCUT2D eigenvalue weighted by atomic mass is 9.93. The zero-order valence-corrected chi connectivity index (χ0v) is 19.8. The van der Waals surface area contributed by atoms with Gasteiger partial charge in [-0.15, -0.1) is 0 Å². The predicted molar refractivity (Wildman–Crippen MR) is 121 cm³/mol. The SMILES string of the molecule is CCOC(=O)C1=C(CN2CCC(C(=O)OCC)CC2)N(C)C(=O)N[C@H]1c1cccc(OC)c1. The maximum Gasteiger partial charge on any atom is 0.338 e. The van der Waals surface area contributed by atoms with Crippen molar-refractivity contribution in [2.24, 2.45) is 5.92 Å². The number of carbonyl (C=O) groups is 3. The Morgan fingerprint density at radius 2 is 1.82 bits per heavy atom. The van der Waals surface area contributed by atoms with Gasteiger partial charge in [-0.25, -0.2) is 9.59 Å². The summed E-state index contributed by atoms with van der Waals surface area (Å²) in [6.07, 6.45) is 1.35. The number of likely N-dealkylation sites (tertiary alicyclic amines) is 1. The van der Waals surface area contributed by atoms with Crippen LogP contribution in [0.25, 0.3) is 0 Å². The summed E-state index contributed by atoms with van der Waals surface area (Å²) in [5.41, 5.74) is 1.73. The molecule has 0 unspecified atom stereocenters. The summed E-state index contributed by atoms with van der Waals surface area (Å²) >= 11 is 0. The van der Waals surface area contributed by atoms with Gasteiger partial charge in [-0.2, -0.15) is 0 Å². The average Bonchev–Trinajstić information content (AvgIpc) is 2.82. The number of urea groups is 1. The number of nitrogens with zero attached hydrogens (tertiary/aromatic N) is 2. The zero-order chi connectivity index (χ0) is 24.0. The molecule has 9 nitrogen and oxygen atoms in total. The van der Waals surface area contributed by atoms with E-state index in [1.807, 2.05) is 18.2 Å². The Kier molecular flexibility index (Phi) is 8.32.